The minimum Gasteiger partial charge on any atom is -0.497 e. The zero-order valence-corrected chi connectivity index (χ0v) is 20.2. The number of rotatable bonds is 6. The maximum atomic E-state index is 13.1. The predicted octanol–water partition coefficient (Wildman–Crippen LogP) is 6.41. The molecule has 33 heavy (non-hydrogen) atoms. The fourth-order valence-electron chi connectivity index (χ4n) is 4.85. The molecule has 1 aliphatic heterocycles. The molecule has 0 radical (unpaired) electrons. The van der Waals surface area contributed by atoms with Gasteiger partial charge < -0.3 is 18.8 Å². The molecule has 0 N–H and O–H groups in total. The highest BCUT2D eigenvalue weighted by atomic mass is 16.5. The van der Waals surface area contributed by atoms with Crippen LogP contribution >= 0.6 is 0 Å². The van der Waals surface area contributed by atoms with Crippen LogP contribution < -0.4 is 9.47 Å². The third-order valence-electron chi connectivity index (χ3n) is 6.30. The van der Waals surface area contributed by atoms with E-state index in [0.717, 1.165) is 57.8 Å². The molecule has 174 valence electrons. The Morgan fingerprint density at radius 3 is 2.64 bits per heavy atom. The van der Waals surface area contributed by atoms with E-state index in [1.165, 1.54) is 6.42 Å². The first-order chi connectivity index (χ1) is 15.9. The van der Waals surface area contributed by atoms with Crippen LogP contribution in [0.25, 0.3) is 27.7 Å². The van der Waals surface area contributed by atoms with Gasteiger partial charge in [-0.05, 0) is 61.4 Å². The molecule has 4 rings (SSSR count). The number of furan rings is 1. The van der Waals surface area contributed by atoms with Crippen molar-refractivity contribution in [2.45, 2.75) is 34.1 Å². The number of carbonyl (C=O) groups excluding carboxylic acids is 1. The minimum atomic E-state index is 0.0636. The van der Waals surface area contributed by atoms with E-state index in [1.807, 2.05) is 49.1 Å². The van der Waals surface area contributed by atoms with Gasteiger partial charge in [-0.25, -0.2) is 0 Å². The normalized spacial score (nSPS) is 19.1. The van der Waals surface area contributed by atoms with Crippen molar-refractivity contribution < 1.29 is 18.7 Å². The first kappa shape index (κ1) is 23.0. The van der Waals surface area contributed by atoms with E-state index in [9.17, 15) is 4.79 Å². The molecule has 0 saturated carbocycles. The Morgan fingerprint density at radius 1 is 1.18 bits per heavy atom. The Balaban J connectivity index is 1.74. The molecule has 2 atom stereocenters. The van der Waals surface area contributed by atoms with Gasteiger partial charge in [-0.2, -0.15) is 0 Å². The smallest absolute Gasteiger partial charge is 0.246 e. The Bertz CT molecular complexity index is 1170. The summed E-state index contributed by atoms with van der Waals surface area (Å²) in [7, 11) is 1.66. The molecule has 0 bridgehead atoms. The van der Waals surface area contributed by atoms with Gasteiger partial charge in [-0.3, -0.25) is 4.79 Å². The monoisotopic (exact) mass is 447 g/mol. The number of ether oxygens (including phenoxy) is 2. The van der Waals surface area contributed by atoms with Gasteiger partial charge in [0.25, 0.3) is 0 Å². The largest absolute Gasteiger partial charge is 0.497 e. The van der Waals surface area contributed by atoms with E-state index in [2.05, 4.69) is 19.9 Å². The molecule has 1 aliphatic rings. The average Bonchev–Trinajstić information content (AvgIpc) is 3.21. The van der Waals surface area contributed by atoms with Gasteiger partial charge in [0, 0.05) is 41.7 Å². The van der Waals surface area contributed by atoms with E-state index in [4.69, 9.17) is 13.9 Å². The molecule has 0 spiro atoms. The maximum absolute atomic E-state index is 13.1. The summed E-state index contributed by atoms with van der Waals surface area (Å²) >= 11 is 0. The van der Waals surface area contributed by atoms with Gasteiger partial charge in [-0.15, -0.1) is 0 Å². The Morgan fingerprint density at radius 2 is 1.94 bits per heavy atom. The van der Waals surface area contributed by atoms with Crippen molar-refractivity contribution >= 4 is 22.4 Å². The fourth-order valence-corrected chi connectivity index (χ4v) is 4.85. The number of likely N-dealkylation sites (tertiary alicyclic amines) is 1. The second-order valence-corrected chi connectivity index (χ2v) is 9.18. The van der Waals surface area contributed by atoms with Gasteiger partial charge in [0.05, 0.1) is 20.0 Å². The number of allylic oxidation sites excluding steroid dienone is 1. The van der Waals surface area contributed by atoms with Crippen molar-refractivity contribution in [1.29, 1.82) is 0 Å². The Kier molecular flexibility index (Phi) is 6.77. The van der Waals surface area contributed by atoms with Crippen molar-refractivity contribution in [3.8, 4) is 22.6 Å². The summed E-state index contributed by atoms with van der Waals surface area (Å²) in [6.45, 7) is 10.5. The van der Waals surface area contributed by atoms with Crippen LogP contribution in [-0.2, 0) is 4.79 Å². The van der Waals surface area contributed by atoms with Crippen LogP contribution in [0, 0.1) is 11.8 Å². The molecule has 5 nitrogen and oxygen atoms in total. The molecular formula is C28H33NO4. The topological polar surface area (TPSA) is 51.9 Å². The van der Waals surface area contributed by atoms with Crippen LogP contribution in [-0.4, -0.2) is 37.6 Å². The van der Waals surface area contributed by atoms with Crippen LogP contribution in [0.2, 0.25) is 0 Å². The van der Waals surface area contributed by atoms with Crippen LogP contribution in [0.3, 0.4) is 0 Å². The standard InChI is InChI=1S/C28H33NO4/c1-6-32-26-14-27-24(25(17-33-27)21-8-7-9-22(12-21)31-5)13-23(26)20(4)11-28(30)29-15-18(2)10-19(3)16-29/h7-9,11-14,17-19H,6,10,15-16H2,1-5H3/b20-11+. The zero-order chi connectivity index (χ0) is 23.5. The average molecular weight is 448 g/mol. The number of piperidine rings is 1. The summed E-state index contributed by atoms with van der Waals surface area (Å²) in [5.74, 6) is 2.63. The third kappa shape index (κ3) is 4.92. The minimum absolute atomic E-state index is 0.0636. The van der Waals surface area contributed by atoms with Gasteiger partial charge >= 0.3 is 0 Å². The molecular weight excluding hydrogens is 414 g/mol. The lowest BCUT2D eigenvalue weighted by Crippen LogP contribution is -2.41. The van der Waals surface area contributed by atoms with Crippen molar-refractivity contribution in [3.63, 3.8) is 0 Å². The Hall–Kier alpha value is -3.21. The van der Waals surface area contributed by atoms with Crippen LogP contribution in [0.15, 0.2) is 53.2 Å². The summed E-state index contributed by atoms with van der Waals surface area (Å²) < 4.78 is 17.2. The summed E-state index contributed by atoms with van der Waals surface area (Å²) in [5, 5.41) is 0.974. The van der Waals surface area contributed by atoms with E-state index in [1.54, 1.807) is 19.4 Å². The maximum Gasteiger partial charge on any atom is 0.246 e. The van der Waals surface area contributed by atoms with Crippen LogP contribution in [0.5, 0.6) is 11.5 Å². The SMILES string of the molecule is CCOc1cc2occ(-c3cccc(OC)c3)c2cc1/C(C)=C/C(=O)N1CC(C)CC(C)C1. The highest BCUT2D eigenvalue weighted by Crippen LogP contribution is 2.38. The highest BCUT2D eigenvalue weighted by Gasteiger charge is 2.25. The van der Waals surface area contributed by atoms with Crippen molar-refractivity contribution in [2.24, 2.45) is 11.8 Å². The molecule has 5 heteroatoms. The summed E-state index contributed by atoms with van der Waals surface area (Å²) in [6.07, 6.45) is 4.69. The number of amides is 1. The van der Waals surface area contributed by atoms with Crippen molar-refractivity contribution in [2.75, 3.05) is 26.8 Å². The summed E-state index contributed by atoms with van der Waals surface area (Å²) in [5.41, 5.74) is 4.52. The number of methoxy groups -OCH3 is 1. The lowest BCUT2D eigenvalue weighted by molar-refractivity contribution is -0.128. The third-order valence-corrected chi connectivity index (χ3v) is 6.30. The highest BCUT2D eigenvalue weighted by molar-refractivity contribution is 6.00. The number of benzene rings is 2. The first-order valence-electron chi connectivity index (χ1n) is 11.7. The van der Waals surface area contributed by atoms with E-state index >= 15 is 0 Å². The van der Waals surface area contributed by atoms with Gasteiger partial charge in [0.2, 0.25) is 5.91 Å². The molecule has 1 amide bonds. The molecule has 1 fully saturated rings. The van der Waals surface area contributed by atoms with Crippen molar-refractivity contribution in [1.82, 2.24) is 4.90 Å². The molecule has 1 aromatic heterocycles. The molecule has 2 unspecified atom stereocenters. The second kappa shape index (κ2) is 9.74. The molecule has 3 aromatic rings. The number of nitrogens with zero attached hydrogens (tertiary/aromatic N) is 1. The molecule has 2 aromatic carbocycles. The molecule has 1 saturated heterocycles. The van der Waals surface area contributed by atoms with Gasteiger partial charge in [0.1, 0.15) is 17.1 Å². The summed E-state index contributed by atoms with van der Waals surface area (Å²) in [6, 6.07) is 11.9. The lowest BCUT2D eigenvalue weighted by Gasteiger charge is -2.34. The van der Waals surface area contributed by atoms with Crippen LogP contribution in [0.1, 0.15) is 39.7 Å². The van der Waals surface area contributed by atoms with Crippen LogP contribution in [0.4, 0.5) is 0 Å². The van der Waals surface area contributed by atoms with Crippen molar-refractivity contribution in [3.05, 3.63) is 54.3 Å². The lowest BCUT2D eigenvalue weighted by atomic mass is 9.91. The fraction of sp³-hybridized carbons (Fsp3) is 0.393. The molecule has 2 heterocycles. The number of carbonyl (C=O) groups is 1. The molecule has 0 aliphatic carbocycles. The van der Waals surface area contributed by atoms with E-state index < -0.39 is 0 Å². The van der Waals surface area contributed by atoms with Gasteiger partial charge in [-0.1, -0.05) is 26.0 Å². The van der Waals surface area contributed by atoms with E-state index in [0.29, 0.717) is 18.4 Å². The van der Waals surface area contributed by atoms with Gasteiger partial charge in [0.15, 0.2) is 0 Å². The van der Waals surface area contributed by atoms with E-state index in [-0.39, 0.29) is 5.91 Å². The number of hydrogen-bond donors (Lipinski definition) is 0. The number of fused-ring (bicyclic) bond motifs is 1. The Labute approximate surface area is 196 Å². The summed E-state index contributed by atoms with van der Waals surface area (Å²) in [4.78, 5) is 15.1. The zero-order valence-electron chi connectivity index (χ0n) is 20.2. The predicted molar refractivity (Wildman–Crippen MR) is 133 cm³/mol. The first-order valence-corrected chi connectivity index (χ1v) is 11.7. The second-order valence-electron chi connectivity index (χ2n) is 9.18. The quantitative estimate of drug-likeness (QED) is 0.410. The number of hydrogen-bond acceptors (Lipinski definition) is 4.